The Kier molecular flexibility index (Phi) is 2.73. The maximum absolute atomic E-state index is 10.0. The molecule has 1 aromatic rings. The van der Waals surface area contributed by atoms with Crippen LogP contribution in [0.3, 0.4) is 0 Å². The Hall–Kier alpha value is -1.44. The van der Waals surface area contributed by atoms with Crippen molar-refractivity contribution >= 4 is 11.8 Å². The van der Waals surface area contributed by atoms with Gasteiger partial charge in [0.2, 0.25) is 6.08 Å². The zero-order chi connectivity index (χ0) is 9.80. The molecule has 1 heterocycles. The lowest BCUT2D eigenvalue weighted by Crippen LogP contribution is -1.96. The molecule has 3 heteroatoms. The van der Waals surface area contributed by atoms with Crippen LogP contribution in [0.25, 0.3) is 0 Å². The van der Waals surface area contributed by atoms with Crippen molar-refractivity contribution in [3.05, 3.63) is 29.8 Å². The van der Waals surface area contributed by atoms with Gasteiger partial charge < -0.3 is 4.74 Å². The highest BCUT2D eigenvalue weighted by molar-refractivity contribution is 5.49. The minimum absolute atomic E-state index is 0.504. The second kappa shape index (κ2) is 4.18. The molecule has 1 unspecified atom stereocenters. The molecule has 1 saturated heterocycles. The molecule has 0 aromatic heterocycles. The maximum Gasteiger partial charge on any atom is 0.240 e. The summed E-state index contributed by atoms with van der Waals surface area (Å²) in [5.41, 5.74) is 1.91. The van der Waals surface area contributed by atoms with Gasteiger partial charge in [-0.05, 0) is 24.1 Å². The highest BCUT2D eigenvalue weighted by atomic mass is 16.5. The van der Waals surface area contributed by atoms with Crippen LogP contribution >= 0.6 is 0 Å². The molecule has 1 aromatic carbocycles. The summed E-state index contributed by atoms with van der Waals surface area (Å²) in [4.78, 5) is 13.5. The molecule has 1 aliphatic rings. The third kappa shape index (κ3) is 1.90. The number of hydrogen-bond donors (Lipinski definition) is 0. The summed E-state index contributed by atoms with van der Waals surface area (Å²) in [6.07, 6.45) is 2.60. The number of ether oxygens (including phenoxy) is 1. The van der Waals surface area contributed by atoms with Gasteiger partial charge in [-0.1, -0.05) is 12.1 Å². The SMILES string of the molecule is O=C=Nc1ccc(C2CCOC2)cc1. The number of hydrogen-bond acceptors (Lipinski definition) is 3. The standard InChI is InChI=1S/C11H11NO2/c13-8-12-11-3-1-9(2-4-11)10-5-6-14-7-10/h1-4,10H,5-7H2. The van der Waals surface area contributed by atoms with Crippen molar-refractivity contribution < 1.29 is 9.53 Å². The fourth-order valence-corrected chi connectivity index (χ4v) is 1.67. The number of carbonyl (C=O) groups excluding carboxylic acids is 1. The van der Waals surface area contributed by atoms with E-state index in [2.05, 4.69) is 4.99 Å². The van der Waals surface area contributed by atoms with E-state index < -0.39 is 0 Å². The van der Waals surface area contributed by atoms with E-state index in [9.17, 15) is 4.79 Å². The second-order valence-corrected chi connectivity index (χ2v) is 3.36. The first kappa shape index (κ1) is 9.13. The van der Waals surface area contributed by atoms with Gasteiger partial charge in [0.15, 0.2) is 0 Å². The molecule has 0 radical (unpaired) electrons. The van der Waals surface area contributed by atoms with Crippen LogP contribution in [-0.4, -0.2) is 19.3 Å². The highest BCUT2D eigenvalue weighted by Crippen LogP contribution is 2.26. The van der Waals surface area contributed by atoms with E-state index in [0.717, 1.165) is 19.6 Å². The number of aliphatic imine (C=N–C) groups is 1. The molecule has 3 nitrogen and oxygen atoms in total. The largest absolute Gasteiger partial charge is 0.381 e. The average molecular weight is 189 g/mol. The zero-order valence-corrected chi connectivity index (χ0v) is 7.77. The summed E-state index contributed by atoms with van der Waals surface area (Å²) in [6.45, 7) is 1.65. The summed E-state index contributed by atoms with van der Waals surface area (Å²) in [7, 11) is 0. The number of nitrogens with zero attached hydrogens (tertiary/aromatic N) is 1. The summed E-state index contributed by atoms with van der Waals surface area (Å²) >= 11 is 0. The van der Waals surface area contributed by atoms with Gasteiger partial charge in [0.1, 0.15) is 0 Å². The summed E-state index contributed by atoms with van der Waals surface area (Å²) < 4.78 is 5.30. The predicted molar refractivity (Wildman–Crippen MR) is 52.4 cm³/mol. The van der Waals surface area contributed by atoms with Crippen molar-refractivity contribution in [3.8, 4) is 0 Å². The van der Waals surface area contributed by atoms with Crippen molar-refractivity contribution in [3.63, 3.8) is 0 Å². The van der Waals surface area contributed by atoms with Gasteiger partial charge in [-0.3, -0.25) is 0 Å². The Bertz CT molecular complexity index is 346. The van der Waals surface area contributed by atoms with Crippen molar-refractivity contribution in [2.45, 2.75) is 12.3 Å². The molecular weight excluding hydrogens is 178 g/mol. The molecule has 1 atom stereocenters. The molecule has 0 bridgehead atoms. The molecule has 0 aliphatic carbocycles. The first-order valence-electron chi connectivity index (χ1n) is 4.66. The van der Waals surface area contributed by atoms with E-state index in [1.54, 1.807) is 0 Å². The lowest BCUT2D eigenvalue weighted by molar-refractivity contribution is 0.194. The number of rotatable bonds is 2. The van der Waals surface area contributed by atoms with Crippen LogP contribution in [0.5, 0.6) is 0 Å². The highest BCUT2D eigenvalue weighted by Gasteiger charge is 2.16. The van der Waals surface area contributed by atoms with Crippen LogP contribution in [0, 0.1) is 0 Å². The van der Waals surface area contributed by atoms with E-state index in [1.807, 2.05) is 24.3 Å². The van der Waals surface area contributed by atoms with Gasteiger partial charge in [-0.25, -0.2) is 4.79 Å². The van der Waals surface area contributed by atoms with E-state index in [1.165, 1.54) is 11.6 Å². The third-order valence-corrected chi connectivity index (χ3v) is 2.47. The smallest absolute Gasteiger partial charge is 0.240 e. The van der Waals surface area contributed by atoms with E-state index >= 15 is 0 Å². The minimum Gasteiger partial charge on any atom is -0.381 e. The Labute approximate surface area is 82.4 Å². The van der Waals surface area contributed by atoms with Gasteiger partial charge in [-0.15, -0.1) is 0 Å². The van der Waals surface area contributed by atoms with Crippen LogP contribution in [0.2, 0.25) is 0 Å². The molecule has 72 valence electrons. The molecule has 14 heavy (non-hydrogen) atoms. The summed E-state index contributed by atoms with van der Waals surface area (Å²) in [5, 5.41) is 0. The molecular formula is C11H11NO2. The first-order chi connectivity index (χ1) is 6.90. The molecule has 1 aliphatic heterocycles. The van der Waals surface area contributed by atoms with Gasteiger partial charge >= 0.3 is 0 Å². The molecule has 2 rings (SSSR count). The van der Waals surface area contributed by atoms with Crippen LogP contribution < -0.4 is 0 Å². The van der Waals surface area contributed by atoms with Crippen LogP contribution in [0.15, 0.2) is 29.3 Å². The Balaban J connectivity index is 2.16. The quantitative estimate of drug-likeness (QED) is 0.528. The predicted octanol–water partition coefficient (Wildman–Crippen LogP) is 2.16. The first-order valence-corrected chi connectivity index (χ1v) is 4.66. The van der Waals surface area contributed by atoms with Crippen molar-refractivity contribution in [1.29, 1.82) is 0 Å². The van der Waals surface area contributed by atoms with E-state index in [4.69, 9.17) is 4.74 Å². The monoisotopic (exact) mass is 189 g/mol. The van der Waals surface area contributed by atoms with E-state index in [0.29, 0.717) is 11.6 Å². The average Bonchev–Trinajstić information content (AvgIpc) is 2.72. The van der Waals surface area contributed by atoms with Crippen LogP contribution in [-0.2, 0) is 9.53 Å². The van der Waals surface area contributed by atoms with Gasteiger partial charge in [0.25, 0.3) is 0 Å². The number of isocyanates is 1. The molecule has 1 fully saturated rings. The van der Waals surface area contributed by atoms with Gasteiger partial charge in [0, 0.05) is 12.5 Å². The van der Waals surface area contributed by atoms with Crippen molar-refractivity contribution in [2.24, 2.45) is 4.99 Å². The lowest BCUT2D eigenvalue weighted by atomic mass is 9.98. The summed E-state index contributed by atoms with van der Waals surface area (Å²) in [5.74, 6) is 0.504. The summed E-state index contributed by atoms with van der Waals surface area (Å²) in [6, 6.07) is 7.65. The Morgan fingerprint density at radius 2 is 2.14 bits per heavy atom. The molecule has 0 N–H and O–H groups in total. The second-order valence-electron chi connectivity index (χ2n) is 3.36. The molecule has 0 amide bonds. The third-order valence-electron chi connectivity index (χ3n) is 2.47. The molecule has 0 saturated carbocycles. The topological polar surface area (TPSA) is 38.7 Å². The zero-order valence-electron chi connectivity index (χ0n) is 7.77. The number of benzene rings is 1. The van der Waals surface area contributed by atoms with Gasteiger partial charge in [-0.2, -0.15) is 4.99 Å². The molecule has 0 spiro atoms. The van der Waals surface area contributed by atoms with Crippen molar-refractivity contribution in [1.82, 2.24) is 0 Å². The van der Waals surface area contributed by atoms with Gasteiger partial charge in [0.05, 0.1) is 12.3 Å². The minimum atomic E-state index is 0.504. The van der Waals surface area contributed by atoms with E-state index in [-0.39, 0.29) is 0 Å². The Morgan fingerprint density at radius 3 is 2.71 bits per heavy atom. The normalized spacial score (nSPS) is 20.4. The fraction of sp³-hybridized carbons (Fsp3) is 0.364. The fourth-order valence-electron chi connectivity index (χ4n) is 1.67. The van der Waals surface area contributed by atoms with Crippen LogP contribution in [0.1, 0.15) is 17.9 Å². The van der Waals surface area contributed by atoms with Crippen LogP contribution in [0.4, 0.5) is 5.69 Å². The Morgan fingerprint density at radius 1 is 1.36 bits per heavy atom. The maximum atomic E-state index is 10.0. The lowest BCUT2D eigenvalue weighted by Gasteiger charge is -2.06. The van der Waals surface area contributed by atoms with Crippen molar-refractivity contribution in [2.75, 3.05) is 13.2 Å².